The number of aromatic nitrogens is 2. The van der Waals surface area contributed by atoms with Gasteiger partial charge in [-0.25, -0.2) is 4.52 Å². The first kappa shape index (κ1) is 9.83. The molecule has 0 spiro atoms. The number of nitrogens with one attached hydrogen (secondary N) is 1. The lowest BCUT2D eigenvalue weighted by atomic mass is 10.3. The monoisotopic (exact) mass is 204 g/mol. The zero-order chi connectivity index (χ0) is 10.7. The summed E-state index contributed by atoms with van der Waals surface area (Å²) in [4.78, 5) is 0. The molecule has 3 N–H and O–H groups in total. The van der Waals surface area contributed by atoms with Crippen LogP contribution in [0, 0.1) is 0 Å². The van der Waals surface area contributed by atoms with E-state index in [9.17, 15) is 0 Å². The van der Waals surface area contributed by atoms with Gasteiger partial charge in [-0.1, -0.05) is 19.4 Å². The SMILES string of the molecule is CCCCNc1nn2ccccc2c1N. The van der Waals surface area contributed by atoms with Gasteiger partial charge in [0.25, 0.3) is 0 Å². The number of nitrogens with zero attached hydrogens (tertiary/aromatic N) is 2. The van der Waals surface area contributed by atoms with Gasteiger partial charge in [-0.3, -0.25) is 0 Å². The van der Waals surface area contributed by atoms with Gasteiger partial charge >= 0.3 is 0 Å². The minimum absolute atomic E-state index is 0.728. The normalized spacial score (nSPS) is 10.7. The topological polar surface area (TPSA) is 55.4 Å². The summed E-state index contributed by atoms with van der Waals surface area (Å²) in [6.07, 6.45) is 4.20. The number of pyridine rings is 1. The van der Waals surface area contributed by atoms with Crippen LogP contribution in [0.5, 0.6) is 0 Å². The molecule has 0 radical (unpaired) electrons. The molecule has 2 aromatic rings. The van der Waals surface area contributed by atoms with Crippen LogP contribution < -0.4 is 11.1 Å². The number of nitrogen functional groups attached to an aromatic ring is 1. The lowest BCUT2D eigenvalue weighted by Crippen LogP contribution is -2.03. The van der Waals surface area contributed by atoms with E-state index in [1.165, 1.54) is 6.42 Å². The van der Waals surface area contributed by atoms with Crippen LogP contribution >= 0.6 is 0 Å². The van der Waals surface area contributed by atoms with Crippen molar-refractivity contribution in [2.45, 2.75) is 19.8 Å². The number of unbranched alkanes of at least 4 members (excludes halogenated alkanes) is 1. The summed E-state index contributed by atoms with van der Waals surface area (Å²) in [5, 5.41) is 7.61. The molecular formula is C11H16N4. The van der Waals surface area contributed by atoms with E-state index in [0.29, 0.717) is 0 Å². The first-order valence-corrected chi connectivity index (χ1v) is 5.29. The standard InChI is InChI=1S/C11H16N4/c1-2-3-7-13-11-10(12)9-6-4-5-8-15(9)14-11/h4-6,8H,2-3,7,12H2,1H3,(H,13,14). The second kappa shape index (κ2) is 4.21. The molecular weight excluding hydrogens is 188 g/mol. The summed E-state index contributed by atoms with van der Waals surface area (Å²) >= 11 is 0. The van der Waals surface area contributed by atoms with Gasteiger partial charge in [-0.05, 0) is 18.6 Å². The average molecular weight is 204 g/mol. The molecule has 0 atom stereocenters. The molecule has 0 bridgehead atoms. The Morgan fingerprint density at radius 1 is 1.47 bits per heavy atom. The van der Waals surface area contributed by atoms with Crippen LogP contribution in [0.1, 0.15) is 19.8 Å². The second-order valence-corrected chi connectivity index (χ2v) is 3.57. The molecule has 0 aliphatic rings. The average Bonchev–Trinajstić information content (AvgIpc) is 2.57. The van der Waals surface area contributed by atoms with E-state index in [1.54, 1.807) is 4.52 Å². The molecule has 0 aliphatic carbocycles. The minimum Gasteiger partial charge on any atom is -0.394 e. The predicted molar refractivity (Wildman–Crippen MR) is 63.0 cm³/mol. The molecule has 2 aromatic heterocycles. The van der Waals surface area contributed by atoms with Crippen molar-refractivity contribution in [3.63, 3.8) is 0 Å². The smallest absolute Gasteiger partial charge is 0.172 e. The van der Waals surface area contributed by atoms with Gasteiger partial charge in [0.15, 0.2) is 5.82 Å². The van der Waals surface area contributed by atoms with Crippen molar-refractivity contribution in [2.75, 3.05) is 17.6 Å². The van der Waals surface area contributed by atoms with Gasteiger partial charge in [0.1, 0.15) is 5.69 Å². The van der Waals surface area contributed by atoms with Gasteiger partial charge in [0.05, 0.1) is 5.52 Å². The molecule has 0 saturated heterocycles. The molecule has 4 nitrogen and oxygen atoms in total. The number of nitrogens with two attached hydrogens (primary N) is 1. The molecule has 4 heteroatoms. The highest BCUT2D eigenvalue weighted by atomic mass is 15.3. The van der Waals surface area contributed by atoms with E-state index in [4.69, 9.17) is 5.73 Å². The largest absolute Gasteiger partial charge is 0.394 e. The summed E-state index contributed by atoms with van der Waals surface area (Å²) in [5.74, 6) is 0.787. The molecule has 15 heavy (non-hydrogen) atoms. The van der Waals surface area contributed by atoms with E-state index in [-0.39, 0.29) is 0 Å². The van der Waals surface area contributed by atoms with E-state index in [1.807, 2.05) is 24.4 Å². The van der Waals surface area contributed by atoms with Crippen molar-refractivity contribution in [2.24, 2.45) is 0 Å². The highest BCUT2D eigenvalue weighted by Gasteiger charge is 2.07. The Kier molecular flexibility index (Phi) is 2.76. The number of anilines is 2. The van der Waals surface area contributed by atoms with Crippen LogP contribution in [0.25, 0.3) is 5.52 Å². The van der Waals surface area contributed by atoms with E-state index < -0.39 is 0 Å². The second-order valence-electron chi connectivity index (χ2n) is 3.57. The molecule has 0 fully saturated rings. The molecule has 2 rings (SSSR count). The van der Waals surface area contributed by atoms with Crippen molar-refractivity contribution in [3.8, 4) is 0 Å². The van der Waals surface area contributed by atoms with Gasteiger partial charge in [0, 0.05) is 12.7 Å². The first-order chi connectivity index (χ1) is 7.33. The Labute approximate surface area is 89.1 Å². The Morgan fingerprint density at radius 3 is 3.07 bits per heavy atom. The van der Waals surface area contributed by atoms with Crippen molar-refractivity contribution >= 4 is 17.0 Å². The molecule has 2 heterocycles. The highest BCUT2D eigenvalue weighted by Crippen LogP contribution is 2.22. The third-order valence-electron chi connectivity index (χ3n) is 2.40. The number of hydrogen-bond acceptors (Lipinski definition) is 3. The number of fused-ring (bicyclic) bond motifs is 1. The zero-order valence-corrected chi connectivity index (χ0v) is 8.90. The van der Waals surface area contributed by atoms with E-state index >= 15 is 0 Å². The van der Waals surface area contributed by atoms with Crippen molar-refractivity contribution in [1.82, 2.24) is 9.61 Å². The lowest BCUT2D eigenvalue weighted by molar-refractivity contribution is 0.827. The molecule has 0 amide bonds. The Hall–Kier alpha value is -1.71. The Bertz CT molecular complexity index is 447. The van der Waals surface area contributed by atoms with Gasteiger partial charge in [-0.15, -0.1) is 5.10 Å². The van der Waals surface area contributed by atoms with Gasteiger partial charge in [0.2, 0.25) is 0 Å². The maximum absolute atomic E-state index is 5.98. The van der Waals surface area contributed by atoms with Crippen molar-refractivity contribution in [3.05, 3.63) is 24.4 Å². The number of rotatable bonds is 4. The van der Waals surface area contributed by atoms with E-state index in [2.05, 4.69) is 17.3 Å². The maximum Gasteiger partial charge on any atom is 0.172 e. The fourth-order valence-electron chi connectivity index (χ4n) is 1.53. The Morgan fingerprint density at radius 2 is 2.33 bits per heavy atom. The molecule has 0 saturated carbocycles. The van der Waals surface area contributed by atoms with Crippen LogP contribution in [-0.2, 0) is 0 Å². The summed E-state index contributed by atoms with van der Waals surface area (Å²) in [6.45, 7) is 3.08. The third kappa shape index (κ3) is 1.88. The molecule has 0 aliphatic heterocycles. The highest BCUT2D eigenvalue weighted by molar-refractivity contribution is 5.80. The van der Waals surface area contributed by atoms with Crippen LogP contribution in [-0.4, -0.2) is 16.2 Å². The van der Waals surface area contributed by atoms with Gasteiger partial charge < -0.3 is 11.1 Å². The number of hydrogen-bond donors (Lipinski definition) is 2. The summed E-state index contributed by atoms with van der Waals surface area (Å²) < 4.78 is 1.80. The third-order valence-corrected chi connectivity index (χ3v) is 2.40. The fraction of sp³-hybridized carbons (Fsp3) is 0.364. The van der Waals surface area contributed by atoms with Crippen LogP contribution in [0.3, 0.4) is 0 Å². The first-order valence-electron chi connectivity index (χ1n) is 5.29. The maximum atomic E-state index is 5.98. The van der Waals surface area contributed by atoms with Crippen LogP contribution in [0.2, 0.25) is 0 Å². The Balaban J connectivity index is 2.24. The summed E-state index contributed by atoms with van der Waals surface area (Å²) in [6, 6.07) is 5.87. The lowest BCUT2D eigenvalue weighted by Gasteiger charge is -2.01. The van der Waals surface area contributed by atoms with Crippen molar-refractivity contribution < 1.29 is 0 Å². The van der Waals surface area contributed by atoms with E-state index in [0.717, 1.165) is 30.0 Å². The van der Waals surface area contributed by atoms with Gasteiger partial charge in [-0.2, -0.15) is 0 Å². The predicted octanol–water partition coefficient (Wildman–Crippen LogP) is 2.13. The zero-order valence-electron chi connectivity index (χ0n) is 8.90. The quantitative estimate of drug-likeness (QED) is 0.750. The fourth-order valence-corrected chi connectivity index (χ4v) is 1.53. The molecule has 0 unspecified atom stereocenters. The molecule has 80 valence electrons. The minimum atomic E-state index is 0.728. The summed E-state index contributed by atoms with van der Waals surface area (Å²) in [7, 11) is 0. The van der Waals surface area contributed by atoms with Crippen LogP contribution in [0.4, 0.5) is 11.5 Å². The molecule has 0 aromatic carbocycles. The van der Waals surface area contributed by atoms with Crippen LogP contribution in [0.15, 0.2) is 24.4 Å². The van der Waals surface area contributed by atoms with Crippen molar-refractivity contribution in [1.29, 1.82) is 0 Å². The summed E-state index contributed by atoms with van der Waals surface area (Å²) in [5.41, 5.74) is 7.66.